The second-order valence-corrected chi connectivity index (χ2v) is 6.90. The molecule has 0 aromatic carbocycles. The van der Waals surface area contributed by atoms with Crippen LogP contribution < -0.4 is 5.32 Å². The number of hydrogen-bond donors (Lipinski definition) is 2. The van der Waals surface area contributed by atoms with Gasteiger partial charge in [0.2, 0.25) is 10.0 Å². The Balaban J connectivity index is 3.04. The molecule has 0 unspecified atom stereocenters. The summed E-state index contributed by atoms with van der Waals surface area (Å²) in [7, 11) is -3.69. The lowest BCUT2D eigenvalue weighted by molar-refractivity contribution is 0.253. The zero-order valence-corrected chi connectivity index (χ0v) is 13.9. The van der Waals surface area contributed by atoms with Gasteiger partial charge in [0.05, 0.1) is 11.6 Å². The van der Waals surface area contributed by atoms with Crippen molar-refractivity contribution in [1.82, 2.24) is 9.29 Å². The number of aromatic nitrogens is 1. The van der Waals surface area contributed by atoms with Gasteiger partial charge in [0.25, 0.3) is 0 Å². The van der Waals surface area contributed by atoms with Crippen LogP contribution in [0.15, 0.2) is 17.2 Å². The number of nitrogens with one attached hydrogen (secondary N) is 1. The van der Waals surface area contributed by atoms with Crippen LogP contribution in [0.4, 0.5) is 5.82 Å². The molecule has 21 heavy (non-hydrogen) atoms. The molecule has 1 aromatic heterocycles. The molecule has 120 valence electrons. The Morgan fingerprint density at radius 1 is 1.33 bits per heavy atom. The molecule has 0 aliphatic rings. The van der Waals surface area contributed by atoms with Gasteiger partial charge in [-0.05, 0) is 18.9 Å². The number of aliphatic hydroxyl groups excluding tert-OH is 1. The van der Waals surface area contributed by atoms with Crippen molar-refractivity contribution in [3.8, 4) is 0 Å². The van der Waals surface area contributed by atoms with E-state index in [0.717, 1.165) is 6.42 Å². The van der Waals surface area contributed by atoms with E-state index in [1.54, 1.807) is 0 Å². The van der Waals surface area contributed by atoms with Gasteiger partial charge in [-0.15, -0.1) is 0 Å². The summed E-state index contributed by atoms with van der Waals surface area (Å²) >= 11 is 6.07. The van der Waals surface area contributed by atoms with E-state index in [0.29, 0.717) is 25.3 Å². The number of hydrogen-bond acceptors (Lipinski definition) is 5. The second kappa shape index (κ2) is 8.53. The largest absolute Gasteiger partial charge is 0.395 e. The van der Waals surface area contributed by atoms with Crippen molar-refractivity contribution < 1.29 is 13.5 Å². The number of halogens is 1. The first-order valence-electron chi connectivity index (χ1n) is 6.97. The predicted molar refractivity (Wildman–Crippen MR) is 84.2 cm³/mol. The number of pyridine rings is 1. The van der Waals surface area contributed by atoms with E-state index < -0.39 is 10.0 Å². The predicted octanol–water partition coefficient (Wildman–Crippen LogP) is 1.95. The van der Waals surface area contributed by atoms with E-state index >= 15 is 0 Å². The Morgan fingerprint density at radius 3 is 2.57 bits per heavy atom. The molecular formula is C13H22ClN3O3S. The van der Waals surface area contributed by atoms with Gasteiger partial charge in [0.15, 0.2) is 0 Å². The molecule has 1 heterocycles. The number of nitrogens with zero attached hydrogens (tertiary/aromatic N) is 2. The molecule has 0 aliphatic heterocycles. The number of sulfonamides is 1. The molecule has 0 saturated carbocycles. The van der Waals surface area contributed by atoms with Crippen molar-refractivity contribution in [2.75, 3.05) is 31.6 Å². The van der Waals surface area contributed by atoms with E-state index in [1.165, 1.54) is 16.6 Å². The monoisotopic (exact) mass is 335 g/mol. The third-order valence-electron chi connectivity index (χ3n) is 2.82. The Labute approximate surface area is 131 Å². The molecule has 0 bridgehead atoms. The molecule has 0 radical (unpaired) electrons. The molecule has 8 heteroatoms. The van der Waals surface area contributed by atoms with Crippen molar-refractivity contribution >= 4 is 27.4 Å². The lowest BCUT2D eigenvalue weighted by Crippen LogP contribution is -2.34. The van der Waals surface area contributed by atoms with Crippen LogP contribution in [-0.2, 0) is 10.0 Å². The first-order chi connectivity index (χ1) is 9.97. The Kier molecular flexibility index (Phi) is 7.37. The Morgan fingerprint density at radius 2 is 2.05 bits per heavy atom. The van der Waals surface area contributed by atoms with E-state index in [1.807, 2.05) is 13.8 Å². The number of aliphatic hydroxyl groups is 1. The fourth-order valence-corrected chi connectivity index (χ4v) is 3.59. The Bertz CT molecular complexity index is 546. The molecule has 0 fully saturated rings. The van der Waals surface area contributed by atoms with Crippen molar-refractivity contribution in [2.24, 2.45) is 0 Å². The van der Waals surface area contributed by atoms with Crippen molar-refractivity contribution in [1.29, 1.82) is 0 Å². The van der Waals surface area contributed by atoms with Crippen LogP contribution in [-0.4, -0.2) is 49.1 Å². The van der Waals surface area contributed by atoms with Gasteiger partial charge >= 0.3 is 0 Å². The van der Waals surface area contributed by atoms with Crippen molar-refractivity contribution in [3.05, 3.63) is 17.3 Å². The van der Waals surface area contributed by atoms with E-state index in [9.17, 15) is 8.42 Å². The van der Waals surface area contributed by atoms with Crippen LogP contribution in [0.5, 0.6) is 0 Å². The summed E-state index contributed by atoms with van der Waals surface area (Å²) in [5, 5.41) is 12.3. The van der Waals surface area contributed by atoms with E-state index in [2.05, 4.69) is 10.3 Å². The van der Waals surface area contributed by atoms with E-state index in [-0.39, 0.29) is 23.1 Å². The average molecular weight is 336 g/mol. The lowest BCUT2D eigenvalue weighted by Gasteiger charge is -2.20. The molecule has 0 aliphatic carbocycles. The van der Waals surface area contributed by atoms with Crippen molar-refractivity contribution in [2.45, 2.75) is 31.6 Å². The summed E-state index contributed by atoms with van der Waals surface area (Å²) in [6.07, 6.45) is 2.87. The standard InChI is InChI=1S/C13H22ClN3O3S/c1-3-5-15-13-12(14)9-11(10-16-13)21(19,20)17(6-4-2)7-8-18/h9-10,18H,3-8H2,1-2H3,(H,15,16). The van der Waals surface area contributed by atoms with Crippen LogP contribution in [0.3, 0.4) is 0 Å². The quantitative estimate of drug-likeness (QED) is 0.720. The van der Waals surface area contributed by atoms with Gasteiger partial charge in [-0.25, -0.2) is 13.4 Å². The van der Waals surface area contributed by atoms with Crippen LogP contribution in [0.1, 0.15) is 26.7 Å². The summed E-state index contributed by atoms with van der Waals surface area (Å²) in [6, 6.07) is 1.39. The Hall–Kier alpha value is -0.890. The summed E-state index contributed by atoms with van der Waals surface area (Å²) in [5.41, 5.74) is 0. The highest BCUT2D eigenvalue weighted by Crippen LogP contribution is 2.24. The second-order valence-electron chi connectivity index (χ2n) is 4.56. The maximum atomic E-state index is 12.5. The molecule has 0 atom stereocenters. The normalized spacial score (nSPS) is 11.9. The first-order valence-corrected chi connectivity index (χ1v) is 8.79. The molecule has 0 amide bonds. The van der Waals surface area contributed by atoms with Crippen LogP contribution in [0.2, 0.25) is 5.02 Å². The first kappa shape index (κ1) is 18.2. The average Bonchev–Trinajstić information content (AvgIpc) is 2.45. The smallest absolute Gasteiger partial charge is 0.244 e. The molecule has 1 rings (SSSR count). The molecule has 2 N–H and O–H groups in total. The van der Waals surface area contributed by atoms with Crippen molar-refractivity contribution in [3.63, 3.8) is 0 Å². The minimum Gasteiger partial charge on any atom is -0.395 e. The van der Waals surface area contributed by atoms with Gasteiger partial charge < -0.3 is 10.4 Å². The minimum absolute atomic E-state index is 0.0384. The van der Waals surface area contributed by atoms with Crippen LogP contribution in [0, 0.1) is 0 Å². The summed E-state index contributed by atoms with van der Waals surface area (Å²) in [6.45, 7) is 4.78. The summed E-state index contributed by atoms with van der Waals surface area (Å²) < 4.78 is 26.2. The zero-order chi connectivity index (χ0) is 15.9. The third kappa shape index (κ3) is 4.81. The molecule has 0 spiro atoms. The van der Waals surface area contributed by atoms with Gasteiger partial charge in [-0.2, -0.15) is 4.31 Å². The molecule has 1 aromatic rings. The molecular weight excluding hydrogens is 314 g/mol. The van der Waals surface area contributed by atoms with Gasteiger partial charge in [0.1, 0.15) is 10.7 Å². The minimum atomic E-state index is -3.69. The maximum Gasteiger partial charge on any atom is 0.244 e. The highest BCUT2D eigenvalue weighted by Gasteiger charge is 2.24. The lowest BCUT2D eigenvalue weighted by atomic mass is 10.4. The fourth-order valence-electron chi connectivity index (χ4n) is 1.80. The van der Waals surface area contributed by atoms with Gasteiger partial charge in [-0.1, -0.05) is 25.4 Å². The summed E-state index contributed by atoms with van der Waals surface area (Å²) in [5.74, 6) is 0.474. The number of rotatable bonds is 9. The zero-order valence-electron chi connectivity index (χ0n) is 12.3. The molecule has 0 saturated heterocycles. The molecule has 6 nitrogen and oxygen atoms in total. The van der Waals surface area contributed by atoms with Gasteiger partial charge in [0, 0.05) is 25.8 Å². The highest BCUT2D eigenvalue weighted by molar-refractivity contribution is 7.89. The highest BCUT2D eigenvalue weighted by atomic mass is 35.5. The topological polar surface area (TPSA) is 82.5 Å². The fraction of sp³-hybridized carbons (Fsp3) is 0.615. The third-order valence-corrected chi connectivity index (χ3v) is 4.97. The van der Waals surface area contributed by atoms with Gasteiger partial charge in [-0.3, -0.25) is 0 Å². The number of anilines is 1. The van der Waals surface area contributed by atoms with Crippen LogP contribution >= 0.6 is 11.6 Å². The SMILES string of the molecule is CCCNc1ncc(S(=O)(=O)N(CCC)CCO)cc1Cl. The maximum absolute atomic E-state index is 12.5. The van der Waals surface area contributed by atoms with E-state index in [4.69, 9.17) is 16.7 Å². The summed E-state index contributed by atoms with van der Waals surface area (Å²) in [4.78, 5) is 4.11. The van der Waals surface area contributed by atoms with Crippen LogP contribution in [0.25, 0.3) is 0 Å².